The zero-order valence-electron chi connectivity index (χ0n) is 15.0. The molecule has 0 aromatic heterocycles. The fraction of sp³-hybridized carbons (Fsp3) is 0.250. The van der Waals surface area contributed by atoms with Crippen molar-refractivity contribution >= 4 is 23.5 Å². The Hall–Kier alpha value is -3.15. The van der Waals surface area contributed by atoms with E-state index in [-0.39, 0.29) is 30.0 Å². The van der Waals surface area contributed by atoms with Crippen LogP contribution in [0.1, 0.15) is 41.4 Å². The van der Waals surface area contributed by atoms with Crippen molar-refractivity contribution < 1.29 is 19.1 Å². The van der Waals surface area contributed by atoms with E-state index in [0.29, 0.717) is 5.69 Å². The first-order chi connectivity index (χ1) is 12.4. The summed E-state index contributed by atoms with van der Waals surface area (Å²) in [5.41, 5.74) is 2.84. The Morgan fingerprint density at radius 2 is 1.81 bits per heavy atom. The van der Waals surface area contributed by atoms with Crippen LogP contribution in [0.25, 0.3) is 0 Å². The highest BCUT2D eigenvalue weighted by Gasteiger charge is 2.14. The maximum atomic E-state index is 12.1. The van der Waals surface area contributed by atoms with Crippen molar-refractivity contribution in [2.24, 2.45) is 0 Å². The minimum atomic E-state index is -0.629. The minimum Gasteiger partial charge on any atom is -0.452 e. The number of rotatable bonds is 6. The van der Waals surface area contributed by atoms with Crippen molar-refractivity contribution in [1.29, 1.82) is 0 Å². The Bertz CT molecular complexity index is 817. The molecule has 0 radical (unpaired) electrons. The van der Waals surface area contributed by atoms with Gasteiger partial charge in [-0.05, 0) is 43.2 Å². The van der Waals surface area contributed by atoms with Gasteiger partial charge < -0.3 is 15.4 Å². The molecule has 1 atom stereocenters. The molecule has 26 heavy (non-hydrogen) atoms. The average Bonchev–Trinajstić information content (AvgIpc) is 2.59. The number of anilines is 1. The van der Waals surface area contributed by atoms with Gasteiger partial charge in [-0.25, -0.2) is 4.79 Å². The molecule has 2 rings (SSSR count). The Morgan fingerprint density at radius 1 is 1.08 bits per heavy atom. The maximum Gasteiger partial charge on any atom is 0.338 e. The number of hydrogen-bond donors (Lipinski definition) is 2. The molecule has 0 aliphatic heterocycles. The number of amides is 2. The summed E-state index contributed by atoms with van der Waals surface area (Å²) < 4.78 is 5.05. The summed E-state index contributed by atoms with van der Waals surface area (Å²) >= 11 is 0. The van der Waals surface area contributed by atoms with E-state index < -0.39 is 5.97 Å². The molecule has 6 nitrogen and oxygen atoms in total. The normalized spacial score (nSPS) is 11.3. The third-order valence-electron chi connectivity index (χ3n) is 3.79. The molecule has 2 aromatic rings. The highest BCUT2D eigenvalue weighted by Crippen LogP contribution is 2.16. The summed E-state index contributed by atoms with van der Waals surface area (Å²) in [7, 11) is 0. The SMILES string of the molecule is CC(=O)Nc1cccc(C(=O)OCC(=O)N[C@@H](C)c2ccccc2C)c1. The van der Waals surface area contributed by atoms with Crippen LogP contribution < -0.4 is 10.6 Å². The molecule has 2 N–H and O–H groups in total. The van der Waals surface area contributed by atoms with Crippen LogP contribution in [0.15, 0.2) is 48.5 Å². The standard InChI is InChI=1S/C20H22N2O4/c1-13-7-4-5-10-18(13)14(2)21-19(24)12-26-20(25)16-8-6-9-17(11-16)22-15(3)23/h4-11,14H,12H2,1-3H3,(H,21,24)(H,22,23)/t14-/m0/s1. The van der Waals surface area contributed by atoms with Gasteiger partial charge in [0.25, 0.3) is 5.91 Å². The molecule has 0 fully saturated rings. The third-order valence-corrected chi connectivity index (χ3v) is 3.79. The Labute approximate surface area is 152 Å². The largest absolute Gasteiger partial charge is 0.452 e. The number of esters is 1. The van der Waals surface area contributed by atoms with Crippen LogP contribution in [0.2, 0.25) is 0 Å². The number of nitrogens with one attached hydrogen (secondary N) is 2. The van der Waals surface area contributed by atoms with E-state index in [2.05, 4.69) is 10.6 Å². The molecule has 2 aromatic carbocycles. The second-order valence-corrected chi connectivity index (χ2v) is 5.98. The molecule has 0 bridgehead atoms. The van der Waals surface area contributed by atoms with Crippen molar-refractivity contribution in [3.63, 3.8) is 0 Å². The first-order valence-electron chi connectivity index (χ1n) is 8.26. The second-order valence-electron chi connectivity index (χ2n) is 5.98. The number of ether oxygens (including phenoxy) is 1. The van der Waals surface area contributed by atoms with Crippen molar-refractivity contribution in [1.82, 2.24) is 5.32 Å². The third kappa shape index (κ3) is 5.44. The van der Waals surface area contributed by atoms with Gasteiger partial charge in [0, 0.05) is 12.6 Å². The number of carbonyl (C=O) groups excluding carboxylic acids is 3. The van der Waals surface area contributed by atoms with E-state index in [1.54, 1.807) is 18.2 Å². The summed E-state index contributed by atoms with van der Waals surface area (Å²) in [5.74, 6) is -1.25. The van der Waals surface area contributed by atoms with Gasteiger partial charge in [0.15, 0.2) is 6.61 Å². The van der Waals surface area contributed by atoms with Crippen LogP contribution in [0.3, 0.4) is 0 Å². The summed E-state index contributed by atoms with van der Waals surface area (Å²) in [6.45, 7) is 4.85. The van der Waals surface area contributed by atoms with Crippen LogP contribution in [0.4, 0.5) is 5.69 Å². The van der Waals surface area contributed by atoms with Crippen molar-refractivity contribution in [3.05, 3.63) is 65.2 Å². The zero-order valence-corrected chi connectivity index (χ0v) is 15.0. The fourth-order valence-corrected chi connectivity index (χ4v) is 2.58. The lowest BCUT2D eigenvalue weighted by atomic mass is 10.0. The molecule has 0 heterocycles. The lowest BCUT2D eigenvalue weighted by Gasteiger charge is -2.16. The van der Waals surface area contributed by atoms with Gasteiger partial charge in [-0.15, -0.1) is 0 Å². The lowest BCUT2D eigenvalue weighted by Crippen LogP contribution is -2.31. The summed E-state index contributed by atoms with van der Waals surface area (Å²) in [6.07, 6.45) is 0. The van der Waals surface area contributed by atoms with Crippen LogP contribution in [0.5, 0.6) is 0 Å². The van der Waals surface area contributed by atoms with Gasteiger partial charge in [0.05, 0.1) is 11.6 Å². The lowest BCUT2D eigenvalue weighted by molar-refractivity contribution is -0.124. The van der Waals surface area contributed by atoms with Gasteiger partial charge in [0.1, 0.15) is 0 Å². The van der Waals surface area contributed by atoms with Crippen LogP contribution >= 0.6 is 0 Å². The van der Waals surface area contributed by atoms with Gasteiger partial charge in [-0.2, -0.15) is 0 Å². The Morgan fingerprint density at radius 3 is 2.50 bits per heavy atom. The number of hydrogen-bond acceptors (Lipinski definition) is 4. The molecule has 0 saturated heterocycles. The fourth-order valence-electron chi connectivity index (χ4n) is 2.58. The molecule has 0 aliphatic rings. The number of carbonyl (C=O) groups is 3. The van der Waals surface area contributed by atoms with Crippen LogP contribution in [-0.4, -0.2) is 24.4 Å². The monoisotopic (exact) mass is 354 g/mol. The topological polar surface area (TPSA) is 84.5 Å². The highest BCUT2D eigenvalue weighted by atomic mass is 16.5. The minimum absolute atomic E-state index is 0.189. The van der Waals surface area contributed by atoms with Gasteiger partial charge in [-0.1, -0.05) is 30.3 Å². The van der Waals surface area contributed by atoms with E-state index in [1.165, 1.54) is 13.0 Å². The molecule has 0 aliphatic carbocycles. The van der Waals surface area contributed by atoms with Crippen LogP contribution in [0, 0.1) is 6.92 Å². The average molecular weight is 354 g/mol. The summed E-state index contributed by atoms with van der Waals surface area (Å²) in [5, 5.41) is 5.40. The maximum absolute atomic E-state index is 12.1. The van der Waals surface area contributed by atoms with E-state index in [9.17, 15) is 14.4 Å². The molecule has 6 heteroatoms. The van der Waals surface area contributed by atoms with E-state index in [4.69, 9.17) is 4.74 Å². The smallest absolute Gasteiger partial charge is 0.338 e. The Balaban J connectivity index is 1.90. The molecule has 0 unspecified atom stereocenters. The highest BCUT2D eigenvalue weighted by molar-refractivity contribution is 5.94. The van der Waals surface area contributed by atoms with Gasteiger partial charge in [0.2, 0.25) is 5.91 Å². The molecular formula is C20H22N2O4. The van der Waals surface area contributed by atoms with Crippen molar-refractivity contribution in [2.45, 2.75) is 26.8 Å². The Kier molecular flexibility index (Phi) is 6.49. The first-order valence-corrected chi connectivity index (χ1v) is 8.26. The van der Waals surface area contributed by atoms with Crippen LogP contribution in [-0.2, 0) is 14.3 Å². The molecule has 0 saturated carbocycles. The van der Waals surface area contributed by atoms with E-state index in [1.807, 2.05) is 38.1 Å². The van der Waals surface area contributed by atoms with Gasteiger partial charge in [-0.3, -0.25) is 9.59 Å². The van der Waals surface area contributed by atoms with Crippen molar-refractivity contribution in [2.75, 3.05) is 11.9 Å². The molecule has 0 spiro atoms. The number of aryl methyl sites for hydroxylation is 1. The van der Waals surface area contributed by atoms with E-state index >= 15 is 0 Å². The predicted octanol–water partition coefficient (Wildman–Crippen LogP) is 2.99. The van der Waals surface area contributed by atoms with Gasteiger partial charge >= 0.3 is 5.97 Å². The number of benzene rings is 2. The molecular weight excluding hydrogens is 332 g/mol. The zero-order chi connectivity index (χ0) is 19.1. The quantitative estimate of drug-likeness (QED) is 0.781. The summed E-state index contributed by atoms with van der Waals surface area (Å²) in [4.78, 5) is 35.2. The molecule has 136 valence electrons. The second kappa shape index (κ2) is 8.80. The summed E-state index contributed by atoms with van der Waals surface area (Å²) in [6, 6.07) is 13.9. The molecule has 2 amide bonds. The first kappa shape index (κ1) is 19.2. The van der Waals surface area contributed by atoms with E-state index in [0.717, 1.165) is 11.1 Å². The predicted molar refractivity (Wildman–Crippen MR) is 98.8 cm³/mol. The van der Waals surface area contributed by atoms with Crippen molar-refractivity contribution in [3.8, 4) is 0 Å².